The predicted octanol–water partition coefficient (Wildman–Crippen LogP) is 3.06. The van der Waals surface area contributed by atoms with E-state index in [1.165, 1.54) is 0 Å². The van der Waals surface area contributed by atoms with Crippen LogP contribution in [0, 0.1) is 0 Å². The van der Waals surface area contributed by atoms with E-state index in [-0.39, 0.29) is 0 Å². The Morgan fingerprint density at radius 1 is 1.29 bits per heavy atom. The van der Waals surface area contributed by atoms with Crippen molar-refractivity contribution in [3.63, 3.8) is 0 Å². The molecular weight excluding hydrogens is 216 g/mol. The molecule has 0 spiro atoms. The van der Waals surface area contributed by atoms with Gasteiger partial charge in [-0.25, -0.2) is 0 Å². The van der Waals surface area contributed by atoms with E-state index in [0.29, 0.717) is 11.8 Å². The van der Waals surface area contributed by atoms with Crippen molar-refractivity contribution in [1.29, 1.82) is 0 Å². The van der Waals surface area contributed by atoms with Gasteiger partial charge in [0.2, 0.25) is 5.88 Å². The molecule has 0 aliphatic carbocycles. The highest BCUT2D eigenvalue weighted by molar-refractivity contribution is 5.78. The molecule has 0 fully saturated rings. The van der Waals surface area contributed by atoms with Crippen LogP contribution < -0.4 is 10.5 Å². The van der Waals surface area contributed by atoms with Gasteiger partial charge in [0.1, 0.15) is 5.75 Å². The Bertz CT molecular complexity index is 518. The van der Waals surface area contributed by atoms with E-state index in [9.17, 15) is 0 Å². The van der Waals surface area contributed by atoms with Crippen LogP contribution in [0.1, 0.15) is 25.3 Å². The average molecular weight is 232 g/mol. The molecule has 4 nitrogen and oxygen atoms in total. The molecule has 1 heterocycles. The lowest BCUT2D eigenvalue weighted by Gasteiger charge is -2.15. The van der Waals surface area contributed by atoms with Gasteiger partial charge < -0.3 is 15.0 Å². The molecule has 0 radical (unpaired) electrons. The van der Waals surface area contributed by atoms with Crippen LogP contribution >= 0.6 is 0 Å². The molecule has 2 N–H and O–H groups in total. The summed E-state index contributed by atoms with van der Waals surface area (Å²) in [5.41, 5.74) is 8.56. The van der Waals surface area contributed by atoms with Gasteiger partial charge >= 0.3 is 0 Å². The highest BCUT2D eigenvalue weighted by Gasteiger charge is 2.16. The molecule has 1 aromatic carbocycles. The van der Waals surface area contributed by atoms with Gasteiger partial charge in [0.15, 0.2) is 0 Å². The maximum Gasteiger partial charge on any atom is 0.230 e. The summed E-state index contributed by atoms with van der Waals surface area (Å²) >= 11 is 0. The van der Waals surface area contributed by atoms with E-state index in [0.717, 1.165) is 22.4 Å². The summed E-state index contributed by atoms with van der Waals surface area (Å²) in [5.74, 6) is 1.52. The lowest BCUT2D eigenvalue weighted by molar-refractivity contribution is 0.409. The van der Waals surface area contributed by atoms with Crippen LogP contribution in [0.2, 0.25) is 0 Å². The molecule has 1 aromatic heterocycles. The van der Waals surface area contributed by atoms with Crippen LogP contribution in [0.25, 0.3) is 11.1 Å². The van der Waals surface area contributed by atoms with E-state index in [2.05, 4.69) is 25.1 Å². The van der Waals surface area contributed by atoms with Gasteiger partial charge in [-0.3, -0.25) is 0 Å². The topological polar surface area (TPSA) is 61.3 Å². The maximum absolute atomic E-state index is 5.74. The number of nitrogens with two attached hydrogens (primary N) is 1. The van der Waals surface area contributed by atoms with Crippen LogP contribution in [-0.2, 0) is 0 Å². The lowest BCUT2D eigenvalue weighted by Crippen LogP contribution is -1.97. The Balaban J connectivity index is 2.62. The van der Waals surface area contributed by atoms with Crippen molar-refractivity contribution in [3.8, 4) is 16.9 Å². The Hall–Kier alpha value is -1.97. The summed E-state index contributed by atoms with van der Waals surface area (Å²) in [4.78, 5) is 0. The number of ether oxygens (including phenoxy) is 1. The monoisotopic (exact) mass is 232 g/mol. The van der Waals surface area contributed by atoms with Crippen molar-refractivity contribution < 1.29 is 9.26 Å². The van der Waals surface area contributed by atoms with Crippen molar-refractivity contribution in [2.24, 2.45) is 0 Å². The zero-order valence-electron chi connectivity index (χ0n) is 10.2. The highest BCUT2D eigenvalue weighted by atomic mass is 16.5. The van der Waals surface area contributed by atoms with Crippen molar-refractivity contribution in [2.45, 2.75) is 19.8 Å². The first-order chi connectivity index (χ1) is 8.15. The first-order valence-electron chi connectivity index (χ1n) is 5.52. The zero-order valence-corrected chi connectivity index (χ0v) is 10.2. The fraction of sp³-hybridized carbons (Fsp3) is 0.308. The molecule has 17 heavy (non-hydrogen) atoms. The molecule has 0 atom stereocenters. The van der Waals surface area contributed by atoms with Crippen molar-refractivity contribution in [3.05, 3.63) is 30.0 Å². The Kier molecular flexibility index (Phi) is 3.04. The second-order valence-electron chi connectivity index (χ2n) is 4.19. The number of aromatic nitrogens is 1. The summed E-state index contributed by atoms with van der Waals surface area (Å²) < 4.78 is 10.4. The zero-order chi connectivity index (χ0) is 12.4. The smallest absolute Gasteiger partial charge is 0.230 e. The van der Waals surface area contributed by atoms with E-state index in [1.54, 1.807) is 13.3 Å². The second-order valence-corrected chi connectivity index (χ2v) is 4.19. The van der Waals surface area contributed by atoms with Crippen LogP contribution in [0.15, 0.2) is 28.9 Å². The number of nitrogen functional groups attached to an aromatic ring is 1. The summed E-state index contributed by atoms with van der Waals surface area (Å²) in [6, 6.07) is 5.99. The SMILES string of the molecule is COc1c(-c2cnoc2N)cccc1C(C)C. The average Bonchev–Trinajstić information content (AvgIpc) is 2.74. The number of anilines is 1. The van der Waals surface area contributed by atoms with E-state index >= 15 is 0 Å². The third-order valence-electron chi connectivity index (χ3n) is 2.76. The largest absolute Gasteiger partial charge is 0.496 e. The molecule has 0 amide bonds. The van der Waals surface area contributed by atoms with Crippen LogP contribution in [0.3, 0.4) is 0 Å². The molecule has 0 aliphatic rings. The molecule has 0 bridgehead atoms. The number of para-hydroxylation sites is 1. The minimum absolute atomic E-state index is 0.309. The third kappa shape index (κ3) is 1.98. The fourth-order valence-corrected chi connectivity index (χ4v) is 1.90. The normalized spacial score (nSPS) is 10.8. The number of rotatable bonds is 3. The second kappa shape index (κ2) is 4.49. The summed E-state index contributed by atoms with van der Waals surface area (Å²) in [5, 5.41) is 3.69. The summed E-state index contributed by atoms with van der Waals surface area (Å²) in [6.07, 6.45) is 1.61. The van der Waals surface area contributed by atoms with Crippen molar-refractivity contribution in [1.82, 2.24) is 5.16 Å². The van der Waals surface area contributed by atoms with Gasteiger partial charge in [-0.2, -0.15) is 0 Å². The molecular formula is C13H16N2O2. The van der Waals surface area contributed by atoms with Crippen molar-refractivity contribution >= 4 is 5.88 Å². The Morgan fingerprint density at radius 2 is 2.06 bits per heavy atom. The highest BCUT2D eigenvalue weighted by Crippen LogP contribution is 2.38. The van der Waals surface area contributed by atoms with Gasteiger partial charge in [0.25, 0.3) is 0 Å². The van der Waals surface area contributed by atoms with E-state index in [4.69, 9.17) is 15.0 Å². The number of hydrogen-bond acceptors (Lipinski definition) is 4. The molecule has 0 saturated heterocycles. The van der Waals surface area contributed by atoms with Gasteiger partial charge in [-0.15, -0.1) is 0 Å². The maximum atomic E-state index is 5.74. The first kappa shape index (κ1) is 11.5. The van der Waals surface area contributed by atoms with Gasteiger partial charge in [-0.05, 0) is 11.5 Å². The number of nitrogens with zero attached hydrogens (tertiary/aromatic N) is 1. The third-order valence-corrected chi connectivity index (χ3v) is 2.76. The van der Waals surface area contributed by atoms with Gasteiger partial charge in [-0.1, -0.05) is 37.2 Å². The predicted molar refractivity (Wildman–Crippen MR) is 67.0 cm³/mol. The van der Waals surface area contributed by atoms with E-state index in [1.807, 2.05) is 12.1 Å². The molecule has 4 heteroatoms. The van der Waals surface area contributed by atoms with Gasteiger partial charge in [0.05, 0.1) is 18.9 Å². The number of benzene rings is 1. The quantitative estimate of drug-likeness (QED) is 0.883. The molecule has 0 aliphatic heterocycles. The Labute approximate surface area is 100 Å². The summed E-state index contributed by atoms with van der Waals surface area (Å²) in [6.45, 7) is 4.25. The van der Waals surface area contributed by atoms with Crippen LogP contribution in [0.5, 0.6) is 5.75 Å². The Morgan fingerprint density at radius 3 is 2.59 bits per heavy atom. The van der Waals surface area contributed by atoms with Crippen molar-refractivity contribution in [2.75, 3.05) is 12.8 Å². The minimum atomic E-state index is 0.309. The number of hydrogen-bond donors (Lipinski definition) is 1. The molecule has 2 rings (SSSR count). The minimum Gasteiger partial charge on any atom is -0.496 e. The number of methoxy groups -OCH3 is 1. The lowest BCUT2D eigenvalue weighted by atomic mass is 9.96. The molecule has 0 saturated carbocycles. The van der Waals surface area contributed by atoms with E-state index < -0.39 is 0 Å². The van der Waals surface area contributed by atoms with Crippen LogP contribution in [0.4, 0.5) is 5.88 Å². The standard InChI is InChI=1S/C13H16N2O2/c1-8(2)9-5-4-6-10(12(9)16-3)11-7-15-17-13(11)14/h4-8H,14H2,1-3H3. The first-order valence-corrected chi connectivity index (χ1v) is 5.52. The molecule has 90 valence electrons. The van der Waals surface area contributed by atoms with Crippen LogP contribution in [-0.4, -0.2) is 12.3 Å². The molecule has 0 unspecified atom stereocenters. The summed E-state index contributed by atoms with van der Waals surface area (Å²) in [7, 11) is 1.66. The molecule has 2 aromatic rings. The van der Waals surface area contributed by atoms with Gasteiger partial charge in [0, 0.05) is 5.56 Å². The fourth-order valence-electron chi connectivity index (χ4n) is 1.90.